The van der Waals surface area contributed by atoms with Crippen LogP contribution in [0.15, 0.2) is 41.2 Å². The van der Waals surface area contributed by atoms with E-state index in [1.165, 1.54) is 5.56 Å². The molecule has 7 nitrogen and oxygen atoms in total. The quantitative estimate of drug-likeness (QED) is 0.558. The van der Waals surface area contributed by atoms with E-state index in [4.69, 9.17) is 16.3 Å². The summed E-state index contributed by atoms with van der Waals surface area (Å²) in [5, 5.41) is 10.2. The van der Waals surface area contributed by atoms with Gasteiger partial charge in [0.15, 0.2) is 0 Å². The lowest BCUT2D eigenvalue weighted by Gasteiger charge is -2.51. The Morgan fingerprint density at radius 1 is 1.21 bits per heavy atom. The normalized spacial score (nSPS) is 20.9. The molecule has 0 saturated carbocycles. The molecule has 0 N–H and O–H groups in total. The Balaban J connectivity index is 1.58. The monoisotopic (exact) mass is 477 g/mol. The SMILES string of the molecule is CCC(c1ccc(Cl)cc1)N1C[C@H]2COc3c(c4nc(C#N)ccc4n(C)c3=O)N2C[C@H]1CC. The van der Waals surface area contributed by atoms with E-state index < -0.39 is 0 Å². The van der Waals surface area contributed by atoms with Crippen LogP contribution in [0.2, 0.25) is 5.02 Å². The molecule has 4 heterocycles. The summed E-state index contributed by atoms with van der Waals surface area (Å²) in [4.78, 5) is 22.6. The highest BCUT2D eigenvalue weighted by atomic mass is 35.5. The van der Waals surface area contributed by atoms with Crippen LogP contribution in [0.3, 0.4) is 0 Å². The second kappa shape index (κ2) is 8.94. The molecule has 0 spiro atoms. The zero-order valence-electron chi connectivity index (χ0n) is 19.7. The first-order valence-electron chi connectivity index (χ1n) is 11.8. The Morgan fingerprint density at radius 2 is 1.97 bits per heavy atom. The number of hydrogen-bond acceptors (Lipinski definition) is 6. The zero-order chi connectivity index (χ0) is 24.0. The number of aryl methyl sites for hydroxylation is 1. The van der Waals surface area contributed by atoms with E-state index in [9.17, 15) is 10.1 Å². The molecule has 1 aromatic carbocycles. The Kier molecular flexibility index (Phi) is 5.97. The molecule has 176 valence electrons. The topological polar surface area (TPSA) is 74.4 Å². The number of nitriles is 1. The number of piperazine rings is 1. The minimum absolute atomic E-state index is 0.0829. The molecule has 1 unspecified atom stereocenters. The molecule has 5 rings (SSSR count). The van der Waals surface area contributed by atoms with Gasteiger partial charge in [-0.25, -0.2) is 4.98 Å². The van der Waals surface area contributed by atoms with Crippen molar-refractivity contribution in [1.82, 2.24) is 14.5 Å². The first kappa shape index (κ1) is 22.7. The van der Waals surface area contributed by atoms with Crippen LogP contribution in [0.1, 0.15) is 44.0 Å². The summed E-state index contributed by atoms with van der Waals surface area (Å²) in [5.41, 5.74) is 3.49. The van der Waals surface area contributed by atoms with Gasteiger partial charge in [-0.15, -0.1) is 0 Å². The third-order valence-corrected chi connectivity index (χ3v) is 7.50. The Hall–Kier alpha value is -3.08. The lowest BCUT2D eigenvalue weighted by Crippen LogP contribution is -2.62. The fourth-order valence-electron chi connectivity index (χ4n) is 5.49. The highest BCUT2D eigenvalue weighted by Crippen LogP contribution is 2.41. The van der Waals surface area contributed by atoms with Gasteiger partial charge in [0.2, 0.25) is 5.75 Å². The first-order chi connectivity index (χ1) is 16.5. The van der Waals surface area contributed by atoms with Gasteiger partial charge < -0.3 is 14.2 Å². The Morgan fingerprint density at radius 3 is 2.65 bits per heavy atom. The summed E-state index contributed by atoms with van der Waals surface area (Å²) in [6, 6.07) is 14.4. The van der Waals surface area contributed by atoms with Gasteiger partial charge in [-0.2, -0.15) is 5.26 Å². The number of benzene rings is 1. The molecular weight excluding hydrogens is 450 g/mol. The van der Waals surface area contributed by atoms with Gasteiger partial charge in [0.05, 0.1) is 11.6 Å². The number of nitrogens with zero attached hydrogens (tertiary/aromatic N) is 5. The molecule has 0 bridgehead atoms. The molecule has 0 radical (unpaired) electrons. The van der Waals surface area contributed by atoms with Crippen molar-refractivity contribution < 1.29 is 4.74 Å². The maximum Gasteiger partial charge on any atom is 0.295 e. The third kappa shape index (κ3) is 3.62. The number of anilines is 1. The smallest absolute Gasteiger partial charge is 0.295 e. The third-order valence-electron chi connectivity index (χ3n) is 7.25. The van der Waals surface area contributed by atoms with Crippen molar-refractivity contribution in [3.63, 3.8) is 0 Å². The van der Waals surface area contributed by atoms with Crippen LogP contribution < -0.4 is 15.2 Å². The molecule has 1 saturated heterocycles. The number of aromatic nitrogens is 2. The average molecular weight is 478 g/mol. The van der Waals surface area contributed by atoms with Crippen molar-refractivity contribution in [1.29, 1.82) is 5.26 Å². The number of hydrogen-bond donors (Lipinski definition) is 0. The Bertz CT molecular complexity index is 1330. The van der Waals surface area contributed by atoms with Crippen molar-refractivity contribution in [2.75, 3.05) is 24.6 Å². The van der Waals surface area contributed by atoms with Crippen LogP contribution in [-0.4, -0.2) is 46.2 Å². The van der Waals surface area contributed by atoms with Gasteiger partial charge in [0, 0.05) is 37.2 Å². The number of halogens is 1. The van der Waals surface area contributed by atoms with Crippen LogP contribution in [0, 0.1) is 11.3 Å². The van der Waals surface area contributed by atoms with Crippen LogP contribution in [-0.2, 0) is 7.05 Å². The predicted molar refractivity (Wildman–Crippen MR) is 134 cm³/mol. The van der Waals surface area contributed by atoms with Gasteiger partial charge in [0.1, 0.15) is 29.6 Å². The fraction of sp³-hybridized carbons (Fsp3) is 0.423. The second-order valence-corrected chi connectivity index (χ2v) is 9.51. The molecule has 3 atom stereocenters. The summed E-state index contributed by atoms with van der Waals surface area (Å²) in [6.07, 6.45) is 1.96. The highest BCUT2D eigenvalue weighted by molar-refractivity contribution is 6.30. The molecule has 2 aliphatic heterocycles. The predicted octanol–water partition coefficient (Wildman–Crippen LogP) is 4.27. The standard InChI is InChI=1S/C26H28ClN5O2/c1-4-19-13-32-20(14-31(19)21(5-2)16-6-8-17(27)9-7-16)15-34-25-24(32)23-22(30(3)26(25)33)11-10-18(12-28)29-23/h6-11,19-21H,4-5,13-15H2,1-3H3/t19-,20+,21?/m1/s1. The molecule has 0 amide bonds. The van der Waals surface area contributed by atoms with Crippen LogP contribution >= 0.6 is 11.6 Å². The summed E-state index contributed by atoms with van der Waals surface area (Å²) in [5.74, 6) is 0.335. The van der Waals surface area contributed by atoms with Crippen molar-refractivity contribution >= 4 is 28.3 Å². The van der Waals surface area contributed by atoms with Crippen LogP contribution in [0.25, 0.3) is 11.0 Å². The van der Waals surface area contributed by atoms with E-state index >= 15 is 0 Å². The summed E-state index contributed by atoms with van der Waals surface area (Å²) >= 11 is 6.14. The lowest BCUT2D eigenvalue weighted by molar-refractivity contribution is 0.0720. The number of rotatable bonds is 4. The van der Waals surface area contributed by atoms with Crippen molar-refractivity contribution in [2.45, 2.75) is 44.8 Å². The van der Waals surface area contributed by atoms with E-state index in [0.29, 0.717) is 35.1 Å². The summed E-state index contributed by atoms with van der Waals surface area (Å²) in [6.45, 7) is 6.45. The Labute approximate surface area is 204 Å². The van der Waals surface area contributed by atoms with Gasteiger partial charge in [-0.3, -0.25) is 9.69 Å². The van der Waals surface area contributed by atoms with Gasteiger partial charge >= 0.3 is 0 Å². The molecule has 2 aliphatic rings. The largest absolute Gasteiger partial charge is 0.484 e. The molecule has 34 heavy (non-hydrogen) atoms. The minimum Gasteiger partial charge on any atom is -0.484 e. The molecule has 0 aliphatic carbocycles. The molecule has 2 aromatic heterocycles. The zero-order valence-corrected chi connectivity index (χ0v) is 20.4. The molecular formula is C26H28ClN5O2. The maximum atomic E-state index is 13.1. The molecule has 3 aromatic rings. The lowest BCUT2D eigenvalue weighted by atomic mass is 9.95. The fourth-order valence-corrected chi connectivity index (χ4v) is 5.61. The second-order valence-electron chi connectivity index (χ2n) is 9.07. The molecule has 1 fully saturated rings. The average Bonchev–Trinajstić information content (AvgIpc) is 2.87. The van der Waals surface area contributed by atoms with E-state index in [1.807, 2.05) is 12.1 Å². The minimum atomic E-state index is -0.171. The van der Waals surface area contributed by atoms with Gasteiger partial charge in [-0.05, 0) is 42.7 Å². The van der Waals surface area contributed by atoms with Crippen LogP contribution in [0.4, 0.5) is 5.69 Å². The van der Waals surface area contributed by atoms with Crippen molar-refractivity contribution in [3.8, 4) is 11.8 Å². The van der Waals surface area contributed by atoms with E-state index in [0.717, 1.165) is 36.6 Å². The maximum absolute atomic E-state index is 13.1. The summed E-state index contributed by atoms with van der Waals surface area (Å²) in [7, 11) is 1.72. The van der Waals surface area contributed by atoms with Crippen molar-refractivity contribution in [2.24, 2.45) is 7.05 Å². The number of ether oxygens (including phenoxy) is 1. The highest BCUT2D eigenvalue weighted by Gasteiger charge is 2.41. The van der Waals surface area contributed by atoms with Crippen molar-refractivity contribution in [3.05, 3.63) is 63.0 Å². The van der Waals surface area contributed by atoms with E-state index in [1.54, 1.807) is 23.7 Å². The first-order valence-corrected chi connectivity index (χ1v) is 12.2. The van der Waals surface area contributed by atoms with E-state index in [2.05, 4.69) is 46.8 Å². The number of pyridine rings is 2. The number of fused-ring (bicyclic) bond motifs is 5. The summed E-state index contributed by atoms with van der Waals surface area (Å²) < 4.78 is 7.66. The van der Waals surface area contributed by atoms with Gasteiger partial charge in [-0.1, -0.05) is 37.6 Å². The van der Waals surface area contributed by atoms with Gasteiger partial charge in [0.25, 0.3) is 5.56 Å². The van der Waals surface area contributed by atoms with Crippen LogP contribution in [0.5, 0.6) is 5.75 Å². The van der Waals surface area contributed by atoms with E-state index in [-0.39, 0.29) is 17.6 Å². The molecule has 8 heteroatoms.